The van der Waals surface area contributed by atoms with Crippen LogP contribution in [0.2, 0.25) is 0 Å². The highest BCUT2D eigenvalue weighted by molar-refractivity contribution is 7.89. The highest BCUT2D eigenvalue weighted by Crippen LogP contribution is 2.16. The Morgan fingerprint density at radius 1 is 1.19 bits per heavy atom. The molecule has 0 spiro atoms. The molecule has 0 unspecified atom stereocenters. The number of pyridine rings is 1. The van der Waals surface area contributed by atoms with Crippen molar-refractivity contribution in [3.63, 3.8) is 0 Å². The van der Waals surface area contributed by atoms with Gasteiger partial charge in [-0.1, -0.05) is 12.1 Å². The lowest BCUT2D eigenvalue weighted by Gasteiger charge is -2.09. The smallest absolute Gasteiger partial charge is 0.243 e. The van der Waals surface area contributed by atoms with Crippen LogP contribution in [0.3, 0.4) is 0 Å². The molecular weight excluding hydrogens is 293 g/mol. The van der Waals surface area contributed by atoms with Gasteiger partial charge >= 0.3 is 0 Å². The number of hydrogen-bond donors (Lipinski definition) is 2. The summed E-state index contributed by atoms with van der Waals surface area (Å²) in [6.07, 6.45) is 1.57. The number of aromatic nitrogens is 1. The molecule has 0 aliphatic rings. The van der Waals surface area contributed by atoms with E-state index in [-0.39, 0.29) is 11.4 Å². The zero-order valence-electron chi connectivity index (χ0n) is 11.5. The first-order valence-electron chi connectivity index (χ1n) is 6.35. The third-order valence-corrected chi connectivity index (χ3v) is 4.25. The van der Waals surface area contributed by atoms with E-state index in [2.05, 4.69) is 15.0 Å². The molecular formula is C14H16FN3O2S. The minimum atomic E-state index is -3.92. The molecule has 0 fully saturated rings. The summed E-state index contributed by atoms with van der Waals surface area (Å²) in [5.74, 6) is -0.775. The molecule has 1 aromatic carbocycles. The highest BCUT2D eigenvalue weighted by Gasteiger charge is 2.19. The van der Waals surface area contributed by atoms with Crippen molar-refractivity contribution in [2.75, 3.05) is 7.05 Å². The van der Waals surface area contributed by atoms with Crippen LogP contribution in [0.5, 0.6) is 0 Å². The van der Waals surface area contributed by atoms with Gasteiger partial charge in [0.05, 0.1) is 12.2 Å². The number of benzene rings is 1. The summed E-state index contributed by atoms with van der Waals surface area (Å²) in [7, 11) is -2.19. The summed E-state index contributed by atoms with van der Waals surface area (Å²) >= 11 is 0. The number of hydrogen-bond acceptors (Lipinski definition) is 4. The average Bonchev–Trinajstić information content (AvgIpc) is 2.48. The van der Waals surface area contributed by atoms with E-state index < -0.39 is 15.8 Å². The molecule has 0 bridgehead atoms. The first kappa shape index (κ1) is 15.6. The lowest BCUT2D eigenvalue weighted by molar-refractivity contribution is 0.555. The SMILES string of the molecule is CNCc1ccc(F)c(S(=O)(=O)NCc2ccccn2)c1. The van der Waals surface area contributed by atoms with Crippen LogP contribution in [0, 0.1) is 5.82 Å². The molecule has 0 atom stereocenters. The van der Waals surface area contributed by atoms with Crippen molar-refractivity contribution in [2.45, 2.75) is 18.0 Å². The summed E-state index contributed by atoms with van der Waals surface area (Å²) in [6, 6.07) is 9.21. The summed E-state index contributed by atoms with van der Waals surface area (Å²) in [6.45, 7) is 0.474. The van der Waals surface area contributed by atoms with Crippen molar-refractivity contribution in [3.05, 3.63) is 59.7 Å². The molecule has 2 aromatic rings. The van der Waals surface area contributed by atoms with Gasteiger partial charge in [-0.05, 0) is 36.9 Å². The topological polar surface area (TPSA) is 71.1 Å². The van der Waals surface area contributed by atoms with Crippen LogP contribution in [0.1, 0.15) is 11.3 Å². The first-order chi connectivity index (χ1) is 10.0. The van der Waals surface area contributed by atoms with Crippen LogP contribution in [0.25, 0.3) is 0 Å². The van der Waals surface area contributed by atoms with Crippen molar-refractivity contribution in [1.29, 1.82) is 0 Å². The fraction of sp³-hybridized carbons (Fsp3) is 0.214. The predicted octanol–water partition coefficient (Wildman–Crippen LogP) is 1.42. The Morgan fingerprint density at radius 3 is 2.67 bits per heavy atom. The maximum Gasteiger partial charge on any atom is 0.243 e. The third kappa shape index (κ3) is 4.07. The Kier molecular flexibility index (Phi) is 5.00. The monoisotopic (exact) mass is 309 g/mol. The molecule has 0 amide bonds. The lowest BCUT2D eigenvalue weighted by atomic mass is 10.2. The van der Waals surface area contributed by atoms with Gasteiger partial charge in [-0.2, -0.15) is 0 Å². The van der Waals surface area contributed by atoms with Crippen molar-refractivity contribution < 1.29 is 12.8 Å². The van der Waals surface area contributed by atoms with Gasteiger partial charge in [0.15, 0.2) is 0 Å². The molecule has 0 saturated carbocycles. The molecule has 2 rings (SSSR count). The van der Waals surface area contributed by atoms with Crippen molar-refractivity contribution >= 4 is 10.0 Å². The number of rotatable bonds is 6. The molecule has 7 heteroatoms. The van der Waals surface area contributed by atoms with E-state index in [1.165, 1.54) is 6.07 Å². The first-order valence-corrected chi connectivity index (χ1v) is 7.84. The maximum atomic E-state index is 13.8. The average molecular weight is 309 g/mol. The van der Waals surface area contributed by atoms with Crippen LogP contribution in [-0.2, 0) is 23.1 Å². The van der Waals surface area contributed by atoms with Crippen LogP contribution in [0.4, 0.5) is 4.39 Å². The van der Waals surface area contributed by atoms with E-state index in [1.54, 1.807) is 37.5 Å². The van der Waals surface area contributed by atoms with E-state index in [0.717, 1.165) is 6.07 Å². The number of sulfonamides is 1. The van der Waals surface area contributed by atoms with Gasteiger partial charge in [0.25, 0.3) is 0 Å². The summed E-state index contributed by atoms with van der Waals surface area (Å²) in [4.78, 5) is 3.66. The van der Waals surface area contributed by atoms with Crippen LogP contribution >= 0.6 is 0 Å². The minimum absolute atomic E-state index is 0.0128. The Bertz CT molecular complexity index is 705. The number of nitrogens with zero attached hydrogens (tertiary/aromatic N) is 1. The Morgan fingerprint density at radius 2 is 2.00 bits per heavy atom. The normalized spacial score (nSPS) is 11.5. The molecule has 1 heterocycles. The summed E-state index contributed by atoms with van der Waals surface area (Å²) in [5, 5.41) is 2.89. The second kappa shape index (κ2) is 6.75. The van der Waals surface area contributed by atoms with E-state index in [9.17, 15) is 12.8 Å². The van der Waals surface area contributed by atoms with E-state index in [0.29, 0.717) is 17.8 Å². The second-order valence-electron chi connectivity index (χ2n) is 4.44. The molecule has 0 aliphatic carbocycles. The molecule has 1 aromatic heterocycles. The van der Waals surface area contributed by atoms with Crippen LogP contribution in [-0.4, -0.2) is 20.4 Å². The van der Waals surface area contributed by atoms with Crippen LogP contribution in [0.15, 0.2) is 47.5 Å². The van der Waals surface area contributed by atoms with Gasteiger partial charge in [-0.3, -0.25) is 4.98 Å². The highest BCUT2D eigenvalue weighted by atomic mass is 32.2. The molecule has 21 heavy (non-hydrogen) atoms. The molecule has 0 radical (unpaired) electrons. The molecule has 0 aliphatic heterocycles. The maximum absolute atomic E-state index is 13.8. The Balaban J connectivity index is 2.21. The van der Waals surface area contributed by atoms with Gasteiger partial charge in [0, 0.05) is 12.7 Å². The van der Waals surface area contributed by atoms with Gasteiger partial charge in [-0.15, -0.1) is 0 Å². The summed E-state index contributed by atoms with van der Waals surface area (Å²) < 4.78 is 40.5. The standard InChI is InChI=1S/C14H16FN3O2S/c1-16-9-11-5-6-13(15)14(8-11)21(19,20)18-10-12-4-2-3-7-17-12/h2-8,16,18H,9-10H2,1H3. The fourth-order valence-corrected chi connectivity index (χ4v) is 2.94. The molecule has 5 nitrogen and oxygen atoms in total. The van der Waals surface area contributed by atoms with E-state index >= 15 is 0 Å². The van der Waals surface area contributed by atoms with Crippen molar-refractivity contribution in [2.24, 2.45) is 0 Å². The van der Waals surface area contributed by atoms with E-state index in [4.69, 9.17) is 0 Å². The third-order valence-electron chi connectivity index (χ3n) is 2.84. The lowest BCUT2D eigenvalue weighted by Crippen LogP contribution is -2.25. The number of halogens is 1. The predicted molar refractivity (Wildman–Crippen MR) is 77.4 cm³/mol. The minimum Gasteiger partial charge on any atom is -0.316 e. The van der Waals surface area contributed by atoms with Crippen LogP contribution < -0.4 is 10.0 Å². The molecule has 0 saturated heterocycles. The van der Waals surface area contributed by atoms with Gasteiger partial charge < -0.3 is 5.32 Å². The quantitative estimate of drug-likeness (QED) is 0.846. The summed E-state index contributed by atoms with van der Waals surface area (Å²) in [5.41, 5.74) is 1.25. The van der Waals surface area contributed by atoms with Crippen molar-refractivity contribution in [1.82, 2.24) is 15.0 Å². The van der Waals surface area contributed by atoms with Gasteiger partial charge in [-0.25, -0.2) is 17.5 Å². The zero-order valence-corrected chi connectivity index (χ0v) is 12.3. The Labute approximate surface area is 123 Å². The van der Waals surface area contributed by atoms with Gasteiger partial charge in [0.2, 0.25) is 10.0 Å². The molecule has 2 N–H and O–H groups in total. The number of nitrogens with one attached hydrogen (secondary N) is 2. The van der Waals surface area contributed by atoms with Gasteiger partial charge in [0.1, 0.15) is 10.7 Å². The van der Waals surface area contributed by atoms with Crippen molar-refractivity contribution in [3.8, 4) is 0 Å². The van der Waals surface area contributed by atoms with E-state index in [1.807, 2.05) is 0 Å². The molecule has 112 valence electrons. The Hall–Kier alpha value is -1.83. The largest absolute Gasteiger partial charge is 0.316 e. The zero-order chi connectivity index (χ0) is 15.3. The fourth-order valence-electron chi connectivity index (χ4n) is 1.82. The second-order valence-corrected chi connectivity index (χ2v) is 6.18.